The van der Waals surface area contributed by atoms with Crippen LogP contribution in [0.5, 0.6) is 0 Å². The van der Waals surface area contributed by atoms with Crippen LogP contribution in [0.4, 0.5) is 17.1 Å². The molecule has 0 saturated heterocycles. The standard InChI is InChI=1S/C54H38N2/c1-5-19-39(20-6-1)40-35-37-42(38-36-40)45-27-13-15-30-48(45)56-49-31-16-14-28-47(49)54-51(33-18-34-52(54)56)55(44-25-11-4-12-26-44)50-32-17-29-46(41-21-7-2-8-22-41)53(50)43-23-9-3-10-24-43/h1-38H. The normalized spacial score (nSPS) is 11.2. The van der Waals surface area contributed by atoms with Gasteiger partial charge in [0.2, 0.25) is 0 Å². The monoisotopic (exact) mass is 714 g/mol. The lowest BCUT2D eigenvalue weighted by Crippen LogP contribution is -2.12. The third-order valence-electron chi connectivity index (χ3n) is 10.8. The van der Waals surface area contributed by atoms with Crippen molar-refractivity contribution in [3.05, 3.63) is 231 Å². The third-order valence-corrected chi connectivity index (χ3v) is 10.8. The summed E-state index contributed by atoms with van der Waals surface area (Å²) in [6.45, 7) is 0. The number of hydrogen-bond acceptors (Lipinski definition) is 1. The number of benzene rings is 9. The first kappa shape index (κ1) is 33.2. The molecular weight excluding hydrogens is 677 g/mol. The first-order chi connectivity index (χ1) is 27.8. The van der Waals surface area contributed by atoms with E-state index in [0.717, 1.165) is 33.8 Å². The summed E-state index contributed by atoms with van der Waals surface area (Å²) in [5.41, 5.74) is 16.3. The van der Waals surface area contributed by atoms with Crippen LogP contribution < -0.4 is 4.90 Å². The van der Waals surface area contributed by atoms with Gasteiger partial charge in [-0.2, -0.15) is 0 Å². The van der Waals surface area contributed by atoms with Gasteiger partial charge in [0.25, 0.3) is 0 Å². The summed E-state index contributed by atoms with van der Waals surface area (Å²) in [7, 11) is 0. The van der Waals surface area contributed by atoms with E-state index in [-0.39, 0.29) is 0 Å². The molecule has 264 valence electrons. The molecule has 0 atom stereocenters. The first-order valence-electron chi connectivity index (χ1n) is 19.2. The number of hydrogen-bond donors (Lipinski definition) is 0. The predicted octanol–water partition coefficient (Wildman–Crippen LogP) is 14.9. The van der Waals surface area contributed by atoms with Crippen molar-refractivity contribution in [2.24, 2.45) is 0 Å². The van der Waals surface area contributed by atoms with Crippen LogP contribution in [0.15, 0.2) is 231 Å². The van der Waals surface area contributed by atoms with Crippen molar-refractivity contribution in [3.8, 4) is 50.2 Å². The third kappa shape index (κ3) is 5.85. The molecule has 2 nitrogen and oxygen atoms in total. The highest BCUT2D eigenvalue weighted by Gasteiger charge is 2.25. The van der Waals surface area contributed by atoms with E-state index >= 15 is 0 Å². The number of rotatable bonds is 8. The zero-order chi connectivity index (χ0) is 37.3. The Bertz CT molecular complexity index is 2930. The highest BCUT2D eigenvalue weighted by atomic mass is 15.2. The lowest BCUT2D eigenvalue weighted by atomic mass is 9.92. The molecule has 10 rings (SSSR count). The minimum absolute atomic E-state index is 1.10. The van der Waals surface area contributed by atoms with Crippen molar-refractivity contribution in [1.29, 1.82) is 0 Å². The largest absolute Gasteiger partial charge is 0.309 e. The molecule has 0 spiro atoms. The van der Waals surface area contributed by atoms with Crippen molar-refractivity contribution in [3.63, 3.8) is 0 Å². The molecule has 56 heavy (non-hydrogen) atoms. The Morgan fingerprint density at radius 3 is 1.52 bits per heavy atom. The molecule has 0 aliphatic heterocycles. The van der Waals surface area contributed by atoms with E-state index in [2.05, 4.69) is 240 Å². The zero-order valence-electron chi connectivity index (χ0n) is 30.8. The maximum absolute atomic E-state index is 2.46. The maximum atomic E-state index is 2.46. The van der Waals surface area contributed by atoms with E-state index in [4.69, 9.17) is 0 Å². The van der Waals surface area contributed by atoms with Gasteiger partial charge in [-0.15, -0.1) is 0 Å². The molecule has 9 aromatic carbocycles. The fourth-order valence-electron chi connectivity index (χ4n) is 8.31. The molecule has 0 bridgehead atoms. The Kier molecular flexibility index (Phi) is 8.55. The van der Waals surface area contributed by atoms with Gasteiger partial charge in [0, 0.05) is 27.6 Å². The van der Waals surface area contributed by atoms with Crippen LogP contribution in [0.3, 0.4) is 0 Å². The first-order valence-corrected chi connectivity index (χ1v) is 19.2. The fourth-order valence-corrected chi connectivity index (χ4v) is 8.31. The van der Waals surface area contributed by atoms with Gasteiger partial charge in [-0.3, -0.25) is 0 Å². The van der Waals surface area contributed by atoms with E-state index in [1.807, 2.05) is 0 Å². The molecule has 1 heterocycles. The van der Waals surface area contributed by atoms with E-state index in [1.165, 1.54) is 55.3 Å². The van der Waals surface area contributed by atoms with Gasteiger partial charge in [0.05, 0.1) is 28.1 Å². The van der Waals surface area contributed by atoms with Crippen LogP contribution in [-0.2, 0) is 0 Å². The van der Waals surface area contributed by atoms with E-state index in [1.54, 1.807) is 0 Å². The Morgan fingerprint density at radius 1 is 0.304 bits per heavy atom. The second-order valence-corrected chi connectivity index (χ2v) is 14.1. The Balaban J connectivity index is 1.23. The van der Waals surface area contributed by atoms with Crippen LogP contribution in [0.1, 0.15) is 0 Å². The summed E-state index contributed by atoms with van der Waals surface area (Å²) in [5.74, 6) is 0. The van der Waals surface area contributed by atoms with Crippen molar-refractivity contribution in [2.75, 3.05) is 4.90 Å². The van der Waals surface area contributed by atoms with Gasteiger partial charge in [0.1, 0.15) is 0 Å². The number of para-hydroxylation sites is 3. The van der Waals surface area contributed by atoms with Crippen molar-refractivity contribution < 1.29 is 0 Å². The Hall–Kier alpha value is -7.42. The molecule has 0 aliphatic carbocycles. The predicted molar refractivity (Wildman–Crippen MR) is 237 cm³/mol. The Morgan fingerprint density at radius 2 is 0.786 bits per heavy atom. The summed E-state index contributed by atoms with van der Waals surface area (Å²) in [6, 6.07) is 83.0. The average Bonchev–Trinajstić information content (AvgIpc) is 3.63. The fraction of sp³-hybridized carbons (Fsp3) is 0. The quantitative estimate of drug-likeness (QED) is 0.152. The number of fused-ring (bicyclic) bond motifs is 3. The van der Waals surface area contributed by atoms with Crippen LogP contribution >= 0.6 is 0 Å². The average molecular weight is 715 g/mol. The van der Waals surface area contributed by atoms with Crippen LogP contribution in [0.25, 0.3) is 72.0 Å². The molecule has 0 unspecified atom stereocenters. The molecule has 2 heteroatoms. The lowest BCUT2D eigenvalue weighted by Gasteiger charge is -2.30. The molecule has 0 aliphatic rings. The summed E-state index contributed by atoms with van der Waals surface area (Å²) in [4.78, 5) is 2.46. The van der Waals surface area contributed by atoms with Crippen LogP contribution in [0, 0.1) is 0 Å². The summed E-state index contributed by atoms with van der Waals surface area (Å²) >= 11 is 0. The van der Waals surface area contributed by atoms with Crippen molar-refractivity contribution in [2.45, 2.75) is 0 Å². The lowest BCUT2D eigenvalue weighted by molar-refractivity contribution is 1.18. The van der Waals surface area contributed by atoms with Gasteiger partial charge < -0.3 is 9.47 Å². The molecule has 0 fully saturated rings. The minimum Gasteiger partial charge on any atom is -0.309 e. The van der Waals surface area contributed by atoms with Crippen LogP contribution in [0.2, 0.25) is 0 Å². The summed E-state index contributed by atoms with van der Waals surface area (Å²) < 4.78 is 2.45. The Labute approximate surface area is 327 Å². The highest BCUT2D eigenvalue weighted by molar-refractivity contribution is 6.17. The number of aromatic nitrogens is 1. The molecule has 10 aromatic rings. The smallest absolute Gasteiger partial charge is 0.0562 e. The number of nitrogens with zero attached hydrogens (tertiary/aromatic N) is 2. The van der Waals surface area contributed by atoms with Crippen LogP contribution in [-0.4, -0.2) is 4.57 Å². The maximum Gasteiger partial charge on any atom is 0.0562 e. The summed E-state index contributed by atoms with van der Waals surface area (Å²) in [6.07, 6.45) is 0. The molecule has 0 N–H and O–H groups in total. The van der Waals surface area contributed by atoms with Gasteiger partial charge in [0.15, 0.2) is 0 Å². The van der Waals surface area contributed by atoms with Gasteiger partial charge in [-0.25, -0.2) is 0 Å². The summed E-state index contributed by atoms with van der Waals surface area (Å²) in [5, 5.41) is 2.40. The molecule has 0 radical (unpaired) electrons. The number of anilines is 3. The van der Waals surface area contributed by atoms with Gasteiger partial charge in [-0.05, 0) is 75.8 Å². The molecule has 1 aromatic heterocycles. The van der Waals surface area contributed by atoms with E-state index in [9.17, 15) is 0 Å². The molecular formula is C54H38N2. The second-order valence-electron chi connectivity index (χ2n) is 14.1. The van der Waals surface area contributed by atoms with E-state index in [0.29, 0.717) is 0 Å². The van der Waals surface area contributed by atoms with Crippen molar-refractivity contribution in [1.82, 2.24) is 4.57 Å². The highest BCUT2D eigenvalue weighted by Crippen LogP contribution is 2.49. The second kappa shape index (κ2) is 14.4. The molecule has 0 saturated carbocycles. The minimum atomic E-state index is 1.10. The van der Waals surface area contributed by atoms with E-state index < -0.39 is 0 Å². The van der Waals surface area contributed by atoms with Gasteiger partial charge >= 0.3 is 0 Å². The van der Waals surface area contributed by atoms with Crippen molar-refractivity contribution >= 4 is 38.9 Å². The zero-order valence-corrected chi connectivity index (χ0v) is 30.8. The SMILES string of the molecule is c1ccc(-c2ccc(-c3ccccc3-n3c4ccccc4c4c(N(c5ccccc5)c5cccc(-c6ccccc6)c5-c5ccccc5)cccc43)cc2)cc1. The molecule has 0 amide bonds. The van der Waals surface area contributed by atoms with Gasteiger partial charge in [-0.1, -0.05) is 188 Å². The topological polar surface area (TPSA) is 8.17 Å².